The summed E-state index contributed by atoms with van der Waals surface area (Å²) in [7, 11) is 0. The average Bonchev–Trinajstić information content (AvgIpc) is 2.86. The van der Waals surface area contributed by atoms with Crippen LogP contribution in [0.15, 0.2) is 53.4 Å². The third kappa shape index (κ3) is 5.01. The molecular weight excluding hydrogens is 452 g/mol. The molecule has 3 atom stereocenters. The van der Waals surface area contributed by atoms with Crippen LogP contribution in [0.2, 0.25) is 0 Å². The first kappa shape index (κ1) is 24.4. The molecule has 0 radical (unpaired) electrons. The van der Waals surface area contributed by atoms with Crippen LogP contribution in [0.3, 0.4) is 0 Å². The van der Waals surface area contributed by atoms with Crippen LogP contribution in [0, 0.1) is 11.3 Å². The van der Waals surface area contributed by atoms with Crippen molar-refractivity contribution < 1.29 is 4.79 Å². The summed E-state index contributed by atoms with van der Waals surface area (Å²) in [5.74, 6) is 0.922. The maximum absolute atomic E-state index is 14.0. The Balaban J connectivity index is 1.34. The summed E-state index contributed by atoms with van der Waals surface area (Å²) in [5, 5.41) is 7.51. The third-order valence-electron chi connectivity index (χ3n) is 8.36. The third-order valence-corrected chi connectivity index (χ3v) is 9.67. The summed E-state index contributed by atoms with van der Waals surface area (Å²) in [5.41, 5.74) is 8.40. The predicted octanol–water partition coefficient (Wildman–Crippen LogP) is 5.97. The zero-order valence-electron chi connectivity index (χ0n) is 21.0. The van der Waals surface area contributed by atoms with Crippen LogP contribution in [0.25, 0.3) is 0 Å². The molecule has 1 unspecified atom stereocenters. The standard InChI is InChI=1S/C29H38N4OS/c1-19-7-5-8-20(2)32(19)18-21-13-15-24(16-14-21)33-25-11-3-4-12-26(25)35-27(29(33)34)22-9-6-10-23(17-22)28(30)31/h3-4,6,9-12,17,19-21,24,27H,5,7-8,13-16,18H2,1-2H3,(H3,30,31)/t19-,20+,21?,24?,27?. The van der Waals surface area contributed by atoms with Crippen molar-refractivity contribution in [1.82, 2.24) is 4.90 Å². The lowest BCUT2D eigenvalue weighted by Crippen LogP contribution is -2.49. The lowest BCUT2D eigenvalue weighted by Gasteiger charge is -2.44. The minimum absolute atomic E-state index is 0.0352. The van der Waals surface area contributed by atoms with E-state index in [1.807, 2.05) is 30.3 Å². The number of anilines is 1. The highest BCUT2D eigenvalue weighted by atomic mass is 32.2. The minimum Gasteiger partial charge on any atom is -0.384 e. The van der Waals surface area contributed by atoms with Crippen molar-refractivity contribution >= 4 is 29.2 Å². The fourth-order valence-electron chi connectivity index (χ4n) is 6.35. The molecule has 1 aliphatic carbocycles. The number of likely N-dealkylation sites (tertiary alicyclic amines) is 1. The van der Waals surface area contributed by atoms with Gasteiger partial charge in [0, 0.05) is 35.1 Å². The molecule has 2 aromatic carbocycles. The number of rotatable bonds is 5. The maximum Gasteiger partial charge on any atom is 0.245 e. The van der Waals surface area contributed by atoms with E-state index in [1.165, 1.54) is 38.6 Å². The lowest BCUT2D eigenvalue weighted by atomic mass is 9.83. The molecule has 0 spiro atoms. The summed E-state index contributed by atoms with van der Waals surface area (Å²) in [6, 6.07) is 17.6. The van der Waals surface area contributed by atoms with E-state index in [2.05, 4.69) is 41.8 Å². The largest absolute Gasteiger partial charge is 0.384 e. The zero-order chi connectivity index (χ0) is 24.5. The quantitative estimate of drug-likeness (QED) is 0.400. The van der Waals surface area contributed by atoms with Gasteiger partial charge in [-0.1, -0.05) is 36.8 Å². The Morgan fingerprint density at radius 1 is 1.00 bits per heavy atom. The first-order chi connectivity index (χ1) is 16.9. The second kappa shape index (κ2) is 10.4. The molecule has 0 bridgehead atoms. The number of piperidine rings is 1. The molecule has 35 heavy (non-hydrogen) atoms. The molecule has 1 amide bonds. The number of para-hydroxylation sites is 1. The summed E-state index contributed by atoms with van der Waals surface area (Å²) in [6.45, 7) is 5.99. The smallest absolute Gasteiger partial charge is 0.245 e. The molecule has 2 aliphatic heterocycles. The molecule has 6 heteroatoms. The molecule has 5 nitrogen and oxygen atoms in total. The van der Waals surface area contributed by atoms with Crippen LogP contribution in [0.5, 0.6) is 0 Å². The first-order valence-electron chi connectivity index (χ1n) is 13.2. The number of benzene rings is 2. The Hall–Kier alpha value is -2.31. The van der Waals surface area contributed by atoms with E-state index in [0.717, 1.165) is 34.9 Å². The Labute approximate surface area is 214 Å². The second-order valence-electron chi connectivity index (χ2n) is 10.7. The summed E-state index contributed by atoms with van der Waals surface area (Å²) >= 11 is 1.62. The monoisotopic (exact) mass is 490 g/mol. The number of nitrogens with two attached hydrogens (primary N) is 1. The molecule has 3 N–H and O–H groups in total. The van der Waals surface area contributed by atoms with Gasteiger partial charge >= 0.3 is 0 Å². The highest BCUT2D eigenvalue weighted by molar-refractivity contribution is 8.00. The molecular formula is C29H38N4OS. The number of hydrogen-bond acceptors (Lipinski definition) is 4. The summed E-state index contributed by atoms with van der Waals surface area (Å²) in [6.07, 6.45) is 8.49. The van der Waals surface area contributed by atoms with Gasteiger partial charge in [0.1, 0.15) is 11.1 Å². The summed E-state index contributed by atoms with van der Waals surface area (Å²) < 4.78 is 0. The molecule has 0 aromatic heterocycles. The Bertz CT molecular complexity index is 1070. The van der Waals surface area contributed by atoms with Crippen molar-refractivity contribution in [2.75, 3.05) is 11.4 Å². The van der Waals surface area contributed by atoms with Crippen molar-refractivity contribution in [3.8, 4) is 0 Å². The number of amides is 1. The van der Waals surface area contributed by atoms with Crippen LogP contribution in [-0.4, -0.2) is 41.3 Å². The van der Waals surface area contributed by atoms with Crippen LogP contribution >= 0.6 is 11.8 Å². The van der Waals surface area contributed by atoms with Crippen molar-refractivity contribution in [2.45, 2.75) is 87.1 Å². The molecule has 1 saturated heterocycles. The van der Waals surface area contributed by atoms with Crippen molar-refractivity contribution in [3.63, 3.8) is 0 Å². The lowest BCUT2D eigenvalue weighted by molar-refractivity contribution is -0.119. The Morgan fingerprint density at radius 3 is 2.43 bits per heavy atom. The van der Waals surface area contributed by atoms with E-state index in [9.17, 15) is 4.79 Å². The van der Waals surface area contributed by atoms with Gasteiger partial charge in [-0.15, -0.1) is 11.8 Å². The number of thioether (sulfide) groups is 1. The fourth-order valence-corrected chi connectivity index (χ4v) is 7.55. The Morgan fingerprint density at radius 2 is 1.71 bits per heavy atom. The topological polar surface area (TPSA) is 73.4 Å². The van der Waals surface area contributed by atoms with Gasteiger partial charge in [-0.05, 0) is 82.1 Å². The zero-order valence-corrected chi connectivity index (χ0v) is 21.8. The van der Waals surface area contributed by atoms with Gasteiger partial charge in [0.25, 0.3) is 0 Å². The maximum atomic E-state index is 14.0. The van der Waals surface area contributed by atoms with Gasteiger partial charge in [-0.3, -0.25) is 15.1 Å². The van der Waals surface area contributed by atoms with Crippen LogP contribution in [-0.2, 0) is 4.79 Å². The van der Waals surface area contributed by atoms with E-state index in [1.54, 1.807) is 11.8 Å². The van der Waals surface area contributed by atoms with E-state index < -0.39 is 0 Å². The van der Waals surface area contributed by atoms with Gasteiger partial charge < -0.3 is 10.6 Å². The second-order valence-corrected chi connectivity index (χ2v) is 11.9. The van der Waals surface area contributed by atoms with E-state index in [4.69, 9.17) is 11.1 Å². The van der Waals surface area contributed by atoms with Gasteiger partial charge in [0.05, 0.1) is 5.69 Å². The van der Waals surface area contributed by atoms with E-state index in [-0.39, 0.29) is 23.0 Å². The van der Waals surface area contributed by atoms with Crippen molar-refractivity contribution in [2.24, 2.45) is 11.7 Å². The first-order valence-corrected chi connectivity index (χ1v) is 14.1. The van der Waals surface area contributed by atoms with Gasteiger partial charge in [0.2, 0.25) is 5.91 Å². The summed E-state index contributed by atoms with van der Waals surface area (Å²) in [4.78, 5) is 20.0. The number of amidine groups is 1. The number of carbonyl (C=O) groups is 1. The normalized spacial score (nSPS) is 29.6. The number of nitrogens with zero attached hydrogens (tertiary/aromatic N) is 2. The molecule has 2 fully saturated rings. The van der Waals surface area contributed by atoms with Crippen LogP contribution < -0.4 is 10.6 Å². The molecule has 186 valence electrons. The van der Waals surface area contributed by atoms with Crippen LogP contribution in [0.1, 0.15) is 75.2 Å². The molecule has 5 rings (SSSR count). The van der Waals surface area contributed by atoms with Gasteiger partial charge in [-0.2, -0.15) is 0 Å². The van der Waals surface area contributed by atoms with Crippen LogP contribution in [0.4, 0.5) is 5.69 Å². The van der Waals surface area contributed by atoms with Crippen molar-refractivity contribution in [3.05, 3.63) is 59.7 Å². The highest BCUT2D eigenvalue weighted by Crippen LogP contribution is 2.48. The highest BCUT2D eigenvalue weighted by Gasteiger charge is 2.40. The predicted molar refractivity (Wildman–Crippen MR) is 145 cm³/mol. The minimum atomic E-state index is -0.308. The molecule has 1 saturated carbocycles. The molecule has 3 aliphatic rings. The number of fused-ring (bicyclic) bond motifs is 1. The number of hydrogen-bond donors (Lipinski definition) is 2. The van der Waals surface area contributed by atoms with Gasteiger partial charge in [0.15, 0.2) is 0 Å². The Kier molecular flexibility index (Phi) is 7.21. The van der Waals surface area contributed by atoms with E-state index in [0.29, 0.717) is 17.6 Å². The van der Waals surface area contributed by atoms with Crippen molar-refractivity contribution in [1.29, 1.82) is 5.41 Å². The van der Waals surface area contributed by atoms with Gasteiger partial charge in [-0.25, -0.2) is 0 Å². The number of carbonyl (C=O) groups excluding carboxylic acids is 1. The molecule has 2 heterocycles. The van der Waals surface area contributed by atoms with E-state index >= 15 is 0 Å². The average molecular weight is 491 g/mol. The molecule has 2 aromatic rings. The fraction of sp³-hybridized carbons (Fsp3) is 0.517. The SMILES string of the molecule is C[C@@H]1CCC[C@H](C)N1CC1CCC(N2C(=O)C(c3cccc(C(=N)N)c3)Sc3ccccc32)CC1. The number of nitrogens with one attached hydrogen (secondary N) is 1. The number of nitrogen functional groups attached to an aromatic ring is 1.